The molecule has 1 fully saturated rings. The average molecular weight is 245 g/mol. The number of thioether (sulfide) groups is 1. The minimum atomic E-state index is -0.864. The first kappa shape index (κ1) is 13.4. The maximum Gasteiger partial charge on any atom is 0.305 e. The molecule has 0 aromatic heterocycles. The van der Waals surface area contributed by atoms with Gasteiger partial charge >= 0.3 is 5.97 Å². The topological polar surface area (TPSA) is 66.4 Å². The van der Waals surface area contributed by atoms with Crippen molar-refractivity contribution in [2.24, 2.45) is 0 Å². The zero-order valence-corrected chi connectivity index (χ0v) is 10.6. The summed E-state index contributed by atoms with van der Waals surface area (Å²) in [7, 11) is 0. The fourth-order valence-corrected chi connectivity index (χ4v) is 3.02. The molecule has 1 amide bonds. The lowest BCUT2D eigenvalue weighted by Gasteiger charge is -2.25. The summed E-state index contributed by atoms with van der Waals surface area (Å²) in [6, 6.07) is -0.247. The molecule has 16 heavy (non-hydrogen) atoms. The van der Waals surface area contributed by atoms with Gasteiger partial charge in [-0.3, -0.25) is 9.59 Å². The molecule has 5 heteroatoms. The second-order valence-electron chi connectivity index (χ2n) is 4.36. The van der Waals surface area contributed by atoms with E-state index in [-0.39, 0.29) is 23.1 Å². The molecular weight excluding hydrogens is 226 g/mol. The highest BCUT2D eigenvalue weighted by molar-refractivity contribution is 8.01. The van der Waals surface area contributed by atoms with Gasteiger partial charge in [-0.15, -0.1) is 11.8 Å². The summed E-state index contributed by atoms with van der Waals surface area (Å²) < 4.78 is -0.355. The van der Waals surface area contributed by atoms with Crippen LogP contribution in [0.15, 0.2) is 0 Å². The molecule has 1 rings (SSSR count). The predicted molar refractivity (Wildman–Crippen MR) is 64.6 cm³/mol. The Balaban J connectivity index is 2.51. The van der Waals surface area contributed by atoms with Crippen LogP contribution < -0.4 is 5.32 Å². The van der Waals surface area contributed by atoms with Gasteiger partial charge in [0, 0.05) is 6.04 Å². The Morgan fingerprint density at radius 3 is 2.69 bits per heavy atom. The van der Waals surface area contributed by atoms with Crippen molar-refractivity contribution in [3.05, 3.63) is 0 Å². The van der Waals surface area contributed by atoms with Crippen LogP contribution in [0, 0.1) is 0 Å². The van der Waals surface area contributed by atoms with Gasteiger partial charge in [0.1, 0.15) is 0 Å². The summed E-state index contributed by atoms with van der Waals surface area (Å²) in [6.45, 7) is 3.82. The van der Waals surface area contributed by atoms with Crippen LogP contribution in [0.1, 0.15) is 39.5 Å². The van der Waals surface area contributed by atoms with Crippen LogP contribution in [0.25, 0.3) is 0 Å². The van der Waals surface area contributed by atoms with Crippen molar-refractivity contribution in [2.45, 2.75) is 50.3 Å². The molecule has 2 N–H and O–H groups in total. The summed E-state index contributed by atoms with van der Waals surface area (Å²) in [4.78, 5) is 22.6. The smallest absolute Gasteiger partial charge is 0.305 e. The summed E-state index contributed by atoms with van der Waals surface area (Å²) in [6.07, 6.45) is 2.60. The van der Waals surface area contributed by atoms with Gasteiger partial charge in [0.15, 0.2) is 0 Å². The standard InChI is InChI=1S/C11H19NO3S/c1-3-8(7-9(13)14)12-10(15)11(2)5-4-6-16-11/h8H,3-7H2,1-2H3,(H,12,15)(H,13,14). The molecule has 92 valence electrons. The Kier molecular flexibility index (Phi) is 4.65. The first-order chi connectivity index (χ1) is 7.48. The molecule has 0 aromatic carbocycles. The van der Waals surface area contributed by atoms with E-state index in [1.165, 1.54) is 0 Å². The van der Waals surface area contributed by atoms with Crippen LogP contribution in [0.4, 0.5) is 0 Å². The van der Waals surface area contributed by atoms with Crippen LogP contribution in [-0.2, 0) is 9.59 Å². The van der Waals surface area contributed by atoms with Crippen LogP contribution in [0.2, 0.25) is 0 Å². The molecule has 1 aliphatic rings. The molecule has 0 saturated carbocycles. The largest absolute Gasteiger partial charge is 0.481 e. The SMILES string of the molecule is CCC(CC(=O)O)NC(=O)C1(C)CCCS1. The van der Waals surface area contributed by atoms with Crippen LogP contribution in [0.5, 0.6) is 0 Å². The molecule has 1 saturated heterocycles. The number of carbonyl (C=O) groups is 2. The molecule has 0 aromatic rings. The summed E-state index contributed by atoms with van der Waals surface area (Å²) in [5, 5.41) is 11.5. The Morgan fingerprint density at radius 2 is 2.25 bits per heavy atom. The summed E-state index contributed by atoms with van der Waals surface area (Å²) in [5.74, 6) is 0.138. The molecule has 0 bridgehead atoms. The number of amides is 1. The fourth-order valence-electron chi connectivity index (χ4n) is 1.80. The Morgan fingerprint density at radius 1 is 1.56 bits per heavy atom. The Labute approximate surface area is 100 Å². The number of nitrogens with one attached hydrogen (secondary N) is 1. The lowest BCUT2D eigenvalue weighted by Crippen LogP contribution is -2.46. The summed E-state index contributed by atoms with van der Waals surface area (Å²) in [5.41, 5.74) is 0. The quantitative estimate of drug-likeness (QED) is 0.772. The van der Waals surface area contributed by atoms with E-state index in [1.807, 2.05) is 13.8 Å². The van der Waals surface area contributed by atoms with Crippen molar-refractivity contribution in [1.82, 2.24) is 5.32 Å². The fraction of sp³-hybridized carbons (Fsp3) is 0.818. The minimum absolute atomic E-state index is 0.00296. The highest BCUT2D eigenvalue weighted by Gasteiger charge is 2.37. The van der Waals surface area contributed by atoms with Crippen molar-refractivity contribution in [3.8, 4) is 0 Å². The highest BCUT2D eigenvalue weighted by atomic mass is 32.2. The number of carboxylic acid groups (broad SMARTS) is 1. The van der Waals surface area contributed by atoms with Crippen molar-refractivity contribution < 1.29 is 14.7 Å². The van der Waals surface area contributed by atoms with Crippen molar-refractivity contribution in [1.29, 1.82) is 0 Å². The van der Waals surface area contributed by atoms with E-state index in [1.54, 1.807) is 11.8 Å². The molecule has 1 aliphatic heterocycles. The van der Waals surface area contributed by atoms with Crippen LogP contribution in [-0.4, -0.2) is 33.5 Å². The van der Waals surface area contributed by atoms with E-state index in [0.717, 1.165) is 18.6 Å². The van der Waals surface area contributed by atoms with Gasteiger partial charge in [-0.25, -0.2) is 0 Å². The number of carboxylic acids is 1. The van der Waals surface area contributed by atoms with Gasteiger partial charge in [0.25, 0.3) is 0 Å². The van der Waals surface area contributed by atoms with Crippen LogP contribution in [0.3, 0.4) is 0 Å². The lowest BCUT2D eigenvalue weighted by molar-refractivity contribution is -0.137. The second-order valence-corrected chi connectivity index (χ2v) is 5.96. The van der Waals surface area contributed by atoms with Crippen molar-refractivity contribution in [2.75, 3.05) is 5.75 Å². The highest BCUT2D eigenvalue weighted by Crippen LogP contribution is 2.37. The Hall–Kier alpha value is -0.710. The average Bonchev–Trinajstić information content (AvgIpc) is 2.64. The van der Waals surface area contributed by atoms with Crippen molar-refractivity contribution >= 4 is 23.6 Å². The number of hydrogen-bond acceptors (Lipinski definition) is 3. The van der Waals surface area contributed by atoms with Gasteiger partial charge in [-0.1, -0.05) is 6.92 Å². The molecule has 2 atom stereocenters. The first-order valence-electron chi connectivity index (χ1n) is 5.64. The van der Waals surface area contributed by atoms with E-state index >= 15 is 0 Å². The summed E-state index contributed by atoms with van der Waals surface area (Å²) >= 11 is 1.66. The first-order valence-corrected chi connectivity index (χ1v) is 6.63. The zero-order valence-electron chi connectivity index (χ0n) is 9.78. The minimum Gasteiger partial charge on any atom is -0.481 e. The second kappa shape index (κ2) is 5.57. The third-order valence-corrected chi connectivity index (χ3v) is 4.47. The normalized spacial score (nSPS) is 26.4. The molecule has 0 spiro atoms. The number of rotatable bonds is 5. The van der Waals surface area contributed by atoms with Crippen LogP contribution >= 0.6 is 11.8 Å². The molecule has 0 radical (unpaired) electrons. The number of hydrogen-bond donors (Lipinski definition) is 2. The van der Waals surface area contributed by atoms with E-state index in [0.29, 0.717) is 6.42 Å². The van der Waals surface area contributed by atoms with Gasteiger partial charge in [-0.05, 0) is 31.9 Å². The van der Waals surface area contributed by atoms with Gasteiger partial charge in [0.05, 0.1) is 11.2 Å². The van der Waals surface area contributed by atoms with Gasteiger partial charge < -0.3 is 10.4 Å². The lowest BCUT2D eigenvalue weighted by atomic mass is 10.0. The van der Waals surface area contributed by atoms with E-state index in [2.05, 4.69) is 5.32 Å². The van der Waals surface area contributed by atoms with Crippen molar-refractivity contribution in [3.63, 3.8) is 0 Å². The number of aliphatic carboxylic acids is 1. The third kappa shape index (κ3) is 3.40. The molecule has 0 aliphatic carbocycles. The molecule has 1 heterocycles. The monoisotopic (exact) mass is 245 g/mol. The molecule has 4 nitrogen and oxygen atoms in total. The van der Waals surface area contributed by atoms with E-state index in [9.17, 15) is 9.59 Å². The van der Waals surface area contributed by atoms with E-state index in [4.69, 9.17) is 5.11 Å². The zero-order chi connectivity index (χ0) is 12.2. The predicted octanol–water partition coefficient (Wildman–Crippen LogP) is 1.64. The number of carbonyl (C=O) groups excluding carboxylic acids is 1. The third-order valence-electron chi connectivity index (χ3n) is 2.95. The molecule has 2 unspecified atom stereocenters. The Bertz CT molecular complexity index is 274. The van der Waals surface area contributed by atoms with Gasteiger partial charge in [-0.2, -0.15) is 0 Å². The maximum absolute atomic E-state index is 12.0. The molecular formula is C11H19NO3S. The van der Waals surface area contributed by atoms with Gasteiger partial charge in [0.2, 0.25) is 5.91 Å². The van der Waals surface area contributed by atoms with E-state index < -0.39 is 5.97 Å². The maximum atomic E-state index is 12.0.